The molecule has 6 heteroatoms. The van der Waals surface area contributed by atoms with Crippen molar-refractivity contribution in [2.45, 2.75) is 12.1 Å². The van der Waals surface area contributed by atoms with E-state index < -0.39 is 23.9 Å². The fourth-order valence-electron chi connectivity index (χ4n) is 2.76. The Balaban J connectivity index is 1.86. The number of carbonyl (C=O) groups excluding carboxylic acids is 2. The zero-order valence-corrected chi connectivity index (χ0v) is 13.1. The normalized spacial score (nSPS) is 20.8. The van der Waals surface area contributed by atoms with Crippen LogP contribution in [0.25, 0.3) is 0 Å². The van der Waals surface area contributed by atoms with Gasteiger partial charge in [0.1, 0.15) is 12.4 Å². The fraction of sp³-hybridized carbons (Fsp3) is 0.222. The molecule has 2 aromatic carbocycles. The van der Waals surface area contributed by atoms with Crippen molar-refractivity contribution >= 4 is 17.5 Å². The summed E-state index contributed by atoms with van der Waals surface area (Å²) in [6, 6.07) is 14.3. The molecular formula is C18H17FN2O3. The van der Waals surface area contributed by atoms with Crippen molar-refractivity contribution in [2.75, 3.05) is 19.0 Å². The molecule has 3 rings (SSSR count). The highest BCUT2D eigenvalue weighted by molar-refractivity contribution is 5.96. The number of anilines is 1. The van der Waals surface area contributed by atoms with Crippen LogP contribution in [0.5, 0.6) is 0 Å². The lowest BCUT2D eigenvalue weighted by Gasteiger charge is -2.38. The third kappa shape index (κ3) is 3.28. The molecule has 0 aromatic heterocycles. The predicted molar refractivity (Wildman–Crippen MR) is 86.7 cm³/mol. The molecule has 0 aliphatic carbocycles. The lowest BCUT2D eigenvalue weighted by atomic mass is 9.97. The first-order chi connectivity index (χ1) is 11.6. The summed E-state index contributed by atoms with van der Waals surface area (Å²) in [7, 11) is 1.64. The highest BCUT2D eigenvalue weighted by Crippen LogP contribution is 2.29. The lowest BCUT2D eigenvalue weighted by molar-refractivity contribution is -0.160. The molecule has 1 aliphatic rings. The average Bonchev–Trinajstić information content (AvgIpc) is 2.58. The van der Waals surface area contributed by atoms with E-state index >= 15 is 0 Å². The summed E-state index contributed by atoms with van der Waals surface area (Å²) >= 11 is 0. The Bertz CT molecular complexity index is 751. The van der Waals surface area contributed by atoms with Gasteiger partial charge in [-0.3, -0.25) is 9.59 Å². The summed E-state index contributed by atoms with van der Waals surface area (Å²) < 4.78 is 18.8. The SMILES string of the molecule is CN1C(=O)CO[C@H](C(=O)Nc2cccc(F)c2)[C@@H]1c1ccccc1. The van der Waals surface area contributed by atoms with Crippen LogP contribution in [-0.2, 0) is 14.3 Å². The third-order valence-corrected chi connectivity index (χ3v) is 3.98. The highest BCUT2D eigenvalue weighted by atomic mass is 19.1. The molecule has 2 atom stereocenters. The monoisotopic (exact) mass is 328 g/mol. The maximum Gasteiger partial charge on any atom is 0.256 e. The van der Waals surface area contributed by atoms with Crippen molar-refractivity contribution in [3.05, 3.63) is 66.0 Å². The van der Waals surface area contributed by atoms with Gasteiger partial charge < -0.3 is 15.0 Å². The summed E-state index contributed by atoms with van der Waals surface area (Å²) in [6.45, 7) is -0.166. The molecular weight excluding hydrogens is 311 g/mol. The Hall–Kier alpha value is -2.73. The molecule has 1 aliphatic heterocycles. The first-order valence-corrected chi connectivity index (χ1v) is 7.55. The van der Waals surface area contributed by atoms with Crippen LogP contribution in [0.15, 0.2) is 54.6 Å². The first kappa shape index (κ1) is 16.1. The number of likely N-dealkylation sites (N-methyl/N-ethyl adjacent to an activating group) is 1. The van der Waals surface area contributed by atoms with E-state index in [-0.39, 0.29) is 12.5 Å². The van der Waals surface area contributed by atoms with Gasteiger partial charge in [-0.25, -0.2) is 4.39 Å². The number of nitrogens with one attached hydrogen (secondary N) is 1. The van der Waals surface area contributed by atoms with E-state index in [4.69, 9.17) is 4.74 Å². The molecule has 1 fully saturated rings. The number of morpholine rings is 1. The van der Waals surface area contributed by atoms with Crippen molar-refractivity contribution < 1.29 is 18.7 Å². The maximum absolute atomic E-state index is 13.3. The van der Waals surface area contributed by atoms with Gasteiger partial charge in [0.25, 0.3) is 5.91 Å². The van der Waals surface area contributed by atoms with E-state index in [9.17, 15) is 14.0 Å². The van der Waals surface area contributed by atoms with E-state index in [1.165, 1.54) is 23.1 Å². The van der Waals surface area contributed by atoms with E-state index in [2.05, 4.69) is 5.32 Å². The number of carbonyl (C=O) groups is 2. The molecule has 0 spiro atoms. The summed E-state index contributed by atoms with van der Waals surface area (Å²) in [6.07, 6.45) is -0.877. The quantitative estimate of drug-likeness (QED) is 0.941. The highest BCUT2D eigenvalue weighted by Gasteiger charge is 2.39. The molecule has 1 heterocycles. The predicted octanol–water partition coefficient (Wildman–Crippen LogP) is 2.36. The molecule has 2 amide bonds. The van der Waals surface area contributed by atoms with Gasteiger partial charge >= 0.3 is 0 Å². The number of rotatable bonds is 3. The second-order valence-electron chi connectivity index (χ2n) is 5.59. The van der Waals surface area contributed by atoms with Crippen LogP contribution >= 0.6 is 0 Å². The number of hydrogen-bond acceptors (Lipinski definition) is 3. The van der Waals surface area contributed by atoms with E-state index in [1.54, 1.807) is 13.1 Å². The summed E-state index contributed by atoms with van der Waals surface area (Å²) in [5.41, 5.74) is 1.14. The molecule has 0 radical (unpaired) electrons. The standard InChI is InChI=1S/C18H17FN2O3/c1-21-15(22)11-24-17(16(21)12-6-3-2-4-7-12)18(23)20-14-9-5-8-13(19)10-14/h2-10,16-17H,11H2,1H3,(H,20,23)/t16-,17-/m0/s1. The van der Waals surface area contributed by atoms with Crippen molar-refractivity contribution in [1.29, 1.82) is 0 Å². The topological polar surface area (TPSA) is 58.6 Å². The largest absolute Gasteiger partial charge is 0.356 e. The van der Waals surface area contributed by atoms with Crippen LogP contribution in [0.3, 0.4) is 0 Å². The van der Waals surface area contributed by atoms with Crippen molar-refractivity contribution in [3.8, 4) is 0 Å². The molecule has 2 aromatic rings. The number of benzene rings is 2. The second kappa shape index (κ2) is 6.80. The van der Waals surface area contributed by atoms with Gasteiger partial charge in [-0.1, -0.05) is 36.4 Å². The third-order valence-electron chi connectivity index (χ3n) is 3.98. The molecule has 1 saturated heterocycles. The van der Waals surface area contributed by atoms with Crippen molar-refractivity contribution in [1.82, 2.24) is 4.90 Å². The number of nitrogens with zero attached hydrogens (tertiary/aromatic N) is 1. The van der Waals surface area contributed by atoms with Crippen LogP contribution < -0.4 is 5.32 Å². The van der Waals surface area contributed by atoms with Crippen molar-refractivity contribution in [3.63, 3.8) is 0 Å². The zero-order chi connectivity index (χ0) is 17.1. The summed E-state index contributed by atoms with van der Waals surface area (Å²) in [5.74, 6) is -1.06. The van der Waals surface area contributed by atoms with Crippen LogP contribution in [-0.4, -0.2) is 36.5 Å². The van der Waals surface area contributed by atoms with Gasteiger partial charge in [0.15, 0.2) is 6.10 Å². The number of amides is 2. The van der Waals surface area contributed by atoms with Gasteiger partial charge in [-0.2, -0.15) is 0 Å². The van der Waals surface area contributed by atoms with Crippen molar-refractivity contribution in [2.24, 2.45) is 0 Å². The summed E-state index contributed by atoms with van der Waals surface area (Å²) in [4.78, 5) is 26.1. The van der Waals surface area contributed by atoms with Crippen LogP contribution in [0.1, 0.15) is 11.6 Å². The number of halogens is 1. The Morgan fingerprint density at radius 3 is 2.67 bits per heavy atom. The van der Waals surface area contributed by atoms with Crippen LogP contribution in [0.4, 0.5) is 10.1 Å². The van der Waals surface area contributed by atoms with Crippen LogP contribution in [0, 0.1) is 5.82 Å². The van der Waals surface area contributed by atoms with Gasteiger partial charge in [0.2, 0.25) is 5.91 Å². The van der Waals surface area contributed by atoms with E-state index in [1.807, 2.05) is 30.3 Å². The van der Waals surface area contributed by atoms with Crippen LogP contribution in [0.2, 0.25) is 0 Å². The number of ether oxygens (including phenoxy) is 1. The van der Waals surface area contributed by atoms with Gasteiger partial charge in [0.05, 0.1) is 6.04 Å². The Morgan fingerprint density at radius 2 is 1.96 bits per heavy atom. The molecule has 0 unspecified atom stereocenters. The van der Waals surface area contributed by atoms with E-state index in [0.29, 0.717) is 5.69 Å². The zero-order valence-electron chi connectivity index (χ0n) is 13.1. The average molecular weight is 328 g/mol. The first-order valence-electron chi connectivity index (χ1n) is 7.55. The molecule has 5 nitrogen and oxygen atoms in total. The van der Waals surface area contributed by atoms with E-state index in [0.717, 1.165) is 5.56 Å². The maximum atomic E-state index is 13.3. The smallest absolute Gasteiger partial charge is 0.256 e. The van der Waals surface area contributed by atoms with Gasteiger partial charge in [-0.05, 0) is 23.8 Å². The summed E-state index contributed by atoms with van der Waals surface area (Å²) in [5, 5.41) is 2.65. The second-order valence-corrected chi connectivity index (χ2v) is 5.59. The Labute approximate surface area is 139 Å². The molecule has 124 valence electrons. The Kier molecular flexibility index (Phi) is 4.57. The number of hydrogen-bond donors (Lipinski definition) is 1. The lowest BCUT2D eigenvalue weighted by Crippen LogP contribution is -2.51. The van der Waals surface area contributed by atoms with Gasteiger partial charge in [-0.15, -0.1) is 0 Å². The minimum Gasteiger partial charge on any atom is -0.356 e. The molecule has 0 bridgehead atoms. The molecule has 1 N–H and O–H groups in total. The minimum atomic E-state index is -0.877. The fourth-order valence-corrected chi connectivity index (χ4v) is 2.76. The molecule has 24 heavy (non-hydrogen) atoms. The minimum absolute atomic E-state index is 0.166. The molecule has 0 saturated carbocycles. The van der Waals surface area contributed by atoms with Gasteiger partial charge in [0, 0.05) is 12.7 Å². The Morgan fingerprint density at radius 1 is 1.21 bits per heavy atom.